The monoisotopic (exact) mass is 311 g/mol. The van der Waals surface area contributed by atoms with E-state index < -0.39 is 6.10 Å². The Bertz CT molecular complexity index is 526. The van der Waals surface area contributed by atoms with Crippen molar-refractivity contribution in [1.29, 1.82) is 0 Å². The van der Waals surface area contributed by atoms with Gasteiger partial charge in [-0.25, -0.2) is 0 Å². The van der Waals surface area contributed by atoms with Crippen LogP contribution in [0.15, 0.2) is 43.2 Å². The van der Waals surface area contributed by atoms with Gasteiger partial charge in [0.05, 0.1) is 17.0 Å². The standard InChI is InChI=1S/C14H18ClN3OS/c1-2-7-17(11-13-4-5-14(15)20-13)9-12(19)10-18-8-3-6-16-18/h2-6,8,12,19H,1,7,9-11H2/t12-/m1/s1. The third-order valence-electron chi connectivity index (χ3n) is 2.82. The molecule has 2 aromatic rings. The van der Waals surface area contributed by atoms with Gasteiger partial charge in [-0.15, -0.1) is 17.9 Å². The van der Waals surface area contributed by atoms with Gasteiger partial charge >= 0.3 is 0 Å². The first-order chi connectivity index (χ1) is 9.67. The second-order valence-corrected chi connectivity index (χ2v) is 6.37. The van der Waals surface area contributed by atoms with Crippen molar-refractivity contribution in [3.8, 4) is 0 Å². The van der Waals surface area contributed by atoms with Crippen molar-refractivity contribution in [3.05, 3.63) is 52.5 Å². The van der Waals surface area contributed by atoms with E-state index in [9.17, 15) is 5.11 Å². The number of thiophene rings is 1. The van der Waals surface area contributed by atoms with Gasteiger partial charge < -0.3 is 5.11 Å². The summed E-state index contributed by atoms with van der Waals surface area (Å²) in [6.07, 6.45) is 4.93. The Labute approximate surface area is 127 Å². The molecule has 108 valence electrons. The minimum Gasteiger partial charge on any atom is -0.390 e. The lowest BCUT2D eigenvalue weighted by Crippen LogP contribution is -2.34. The van der Waals surface area contributed by atoms with Crippen LogP contribution in [0.25, 0.3) is 0 Å². The molecule has 0 spiro atoms. The highest BCUT2D eigenvalue weighted by molar-refractivity contribution is 7.16. The number of aliphatic hydroxyl groups is 1. The van der Waals surface area contributed by atoms with Crippen molar-refractivity contribution in [2.24, 2.45) is 0 Å². The minimum absolute atomic E-state index is 0.467. The van der Waals surface area contributed by atoms with Crippen LogP contribution < -0.4 is 0 Å². The molecule has 0 aliphatic carbocycles. The first-order valence-electron chi connectivity index (χ1n) is 6.40. The molecule has 2 rings (SSSR count). The predicted molar refractivity (Wildman–Crippen MR) is 83.0 cm³/mol. The Morgan fingerprint density at radius 1 is 1.55 bits per heavy atom. The average Bonchev–Trinajstić information content (AvgIpc) is 3.01. The third-order valence-corrected chi connectivity index (χ3v) is 4.04. The van der Waals surface area contributed by atoms with Crippen LogP contribution in [0.1, 0.15) is 4.88 Å². The van der Waals surface area contributed by atoms with Crippen molar-refractivity contribution < 1.29 is 5.11 Å². The molecule has 0 aliphatic rings. The summed E-state index contributed by atoms with van der Waals surface area (Å²) < 4.78 is 2.52. The lowest BCUT2D eigenvalue weighted by molar-refractivity contribution is 0.0975. The smallest absolute Gasteiger partial charge is 0.0931 e. The molecule has 0 aliphatic heterocycles. The van der Waals surface area contributed by atoms with Gasteiger partial charge in [0.2, 0.25) is 0 Å². The van der Waals surface area contributed by atoms with Crippen LogP contribution in [-0.4, -0.2) is 39.0 Å². The zero-order chi connectivity index (χ0) is 14.4. The van der Waals surface area contributed by atoms with Crippen molar-refractivity contribution in [2.45, 2.75) is 19.2 Å². The fourth-order valence-electron chi connectivity index (χ4n) is 2.02. The van der Waals surface area contributed by atoms with Gasteiger partial charge in [0.1, 0.15) is 0 Å². The maximum absolute atomic E-state index is 10.1. The number of hydrogen-bond acceptors (Lipinski definition) is 4. The zero-order valence-electron chi connectivity index (χ0n) is 11.2. The molecular weight excluding hydrogens is 294 g/mol. The molecule has 0 amide bonds. The highest BCUT2D eigenvalue weighted by Gasteiger charge is 2.13. The van der Waals surface area contributed by atoms with Crippen LogP contribution in [0.3, 0.4) is 0 Å². The molecule has 0 fully saturated rings. The van der Waals surface area contributed by atoms with E-state index in [0.717, 1.165) is 17.4 Å². The van der Waals surface area contributed by atoms with Crippen LogP contribution in [-0.2, 0) is 13.1 Å². The molecule has 0 saturated heterocycles. The van der Waals surface area contributed by atoms with Gasteiger partial charge in [0, 0.05) is 36.9 Å². The van der Waals surface area contributed by atoms with Gasteiger partial charge in [-0.3, -0.25) is 9.58 Å². The summed E-state index contributed by atoms with van der Waals surface area (Å²) in [7, 11) is 0. The summed E-state index contributed by atoms with van der Waals surface area (Å²) in [6.45, 7) is 6.32. The van der Waals surface area contributed by atoms with Crippen LogP contribution in [0.5, 0.6) is 0 Å². The Hall–Kier alpha value is -1.14. The van der Waals surface area contributed by atoms with E-state index in [1.54, 1.807) is 22.2 Å². The van der Waals surface area contributed by atoms with E-state index in [-0.39, 0.29) is 0 Å². The Morgan fingerprint density at radius 2 is 2.40 bits per heavy atom. The molecule has 2 aromatic heterocycles. The first kappa shape index (κ1) is 15.3. The van der Waals surface area contributed by atoms with Crippen LogP contribution >= 0.6 is 22.9 Å². The first-order valence-corrected chi connectivity index (χ1v) is 7.60. The van der Waals surface area contributed by atoms with Crippen molar-refractivity contribution in [2.75, 3.05) is 13.1 Å². The minimum atomic E-state index is -0.467. The lowest BCUT2D eigenvalue weighted by atomic mass is 10.3. The van der Waals surface area contributed by atoms with E-state index in [1.165, 1.54) is 4.88 Å². The number of aromatic nitrogens is 2. The normalized spacial score (nSPS) is 12.8. The SMILES string of the molecule is C=CCN(Cc1ccc(Cl)s1)C[C@@H](O)Cn1cccn1. The van der Waals surface area contributed by atoms with Crippen LogP contribution in [0, 0.1) is 0 Å². The van der Waals surface area contributed by atoms with E-state index >= 15 is 0 Å². The topological polar surface area (TPSA) is 41.3 Å². The molecule has 2 heterocycles. The molecule has 0 aromatic carbocycles. The number of rotatable bonds is 8. The third kappa shape index (κ3) is 4.76. The maximum atomic E-state index is 10.1. The number of aliphatic hydroxyl groups excluding tert-OH is 1. The molecule has 20 heavy (non-hydrogen) atoms. The van der Waals surface area contributed by atoms with Crippen molar-refractivity contribution >= 4 is 22.9 Å². The highest BCUT2D eigenvalue weighted by atomic mass is 35.5. The fraction of sp³-hybridized carbons (Fsp3) is 0.357. The molecule has 6 heteroatoms. The summed E-state index contributed by atoms with van der Waals surface area (Å²) in [5.74, 6) is 0. The van der Waals surface area contributed by atoms with Crippen molar-refractivity contribution in [3.63, 3.8) is 0 Å². The second-order valence-electron chi connectivity index (χ2n) is 4.57. The number of halogens is 1. The van der Waals surface area contributed by atoms with E-state index in [1.807, 2.05) is 30.5 Å². The van der Waals surface area contributed by atoms with Crippen LogP contribution in [0.4, 0.5) is 0 Å². The largest absolute Gasteiger partial charge is 0.390 e. The molecular formula is C14H18ClN3OS. The fourth-order valence-corrected chi connectivity index (χ4v) is 3.15. The molecule has 1 atom stereocenters. The summed E-state index contributed by atoms with van der Waals surface area (Å²) in [6, 6.07) is 5.76. The Morgan fingerprint density at radius 3 is 3.00 bits per heavy atom. The maximum Gasteiger partial charge on any atom is 0.0931 e. The molecule has 4 nitrogen and oxygen atoms in total. The molecule has 0 unspecified atom stereocenters. The van der Waals surface area contributed by atoms with Gasteiger partial charge in [-0.05, 0) is 18.2 Å². The van der Waals surface area contributed by atoms with Crippen molar-refractivity contribution in [1.82, 2.24) is 14.7 Å². The molecule has 0 radical (unpaired) electrons. The average molecular weight is 312 g/mol. The van der Waals surface area contributed by atoms with E-state index in [4.69, 9.17) is 11.6 Å². The summed E-state index contributed by atoms with van der Waals surface area (Å²) >= 11 is 7.50. The van der Waals surface area contributed by atoms with Gasteiger partial charge in [-0.2, -0.15) is 5.10 Å². The zero-order valence-corrected chi connectivity index (χ0v) is 12.7. The predicted octanol–water partition coefficient (Wildman–Crippen LogP) is 2.65. The summed E-state index contributed by atoms with van der Waals surface area (Å²) in [5, 5.41) is 14.2. The van der Waals surface area contributed by atoms with Gasteiger partial charge in [0.15, 0.2) is 0 Å². The molecule has 0 bridgehead atoms. The second kappa shape index (κ2) is 7.59. The van der Waals surface area contributed by atoms with E-state index in [0.29, 0.717) is 13.1 Å². The quantitative estimate of drug-likeness (QED) is 0.762. The highest BCUT2D eigenvalue weighted by Crippen LogP contribution is 2.22. The van der Waals surface area contributed by atoms with Gasteiger partial charge in [-0.1, -0.05) is 17.7 Å². The molecule has 1 N–H and O–H groups in total. The number of hydrogen-bond donors (Lipinski definition) is 1. The Kier molecular flexibility index (Phi) is 5.79. The lowest BCUT2D eigenvalue weighted by Gasteiger charge is -2.23. The number of nitrogens with zero attached hydrogens (tertiary/aromatic N) is 3. The van der Waals surface area contributed by atoms with Crippen LogP contribution in [0.2, 0.25) is 4.34 Å². The van der Waals surface area contributed by atoms with E-state index in [2.05, 4.69) is 16.6 Å². The summed E-state index contributed by atoms with van der Waals surface area (Å²) in [4.78, 5) is 3.33. The molecule has 0 saturated carbocycles. The van der Waals surface area contributed by atoms with Gasteiger partial charge in [0.25, 0.3) is 0 Å². The Balaban J connectivity index is 1.89. The summed E-state index contributed by atoms with van der Waals surface area (Å²) in [5.41, 5.74) is 0.